The van der Waals surface area contributed by atoms with Gasteiger partial charge in [-0.15, -0.1) is 10.2 Å². The zero-order valence-electron chi connectivity index (χ0n) is 15.2. The van der Waals surface area contributed by atoms with Crippen LogP contribution in [0.15, 0.2) is 30.6 Å². The van der Waals surface area contributed by atoms with E-state index in [1.165, 1.54) is 11.3 Å². The molecule has 7 nitrogen and oxygen atoms in total. The van der Waals surface area contributed by atoms with E-state index in [2.05, 4.69) is 51.3 Å². The first-order chi connectivity index (χ1) is 12.0. The number of carbonyl (C=O) groups is 1. The summed E-state index contributed by atoms with van der Waals surface area (Å²) >= 11 is 0. The van der Waals surface area contributed by atoms with Crippen LogP contribution in [-0.4, -0.2) is 63.7 Å². The fourth-order valence-electron chi connectivity index (χ4n) is 3.25. The molecule has 0 unspecified atom stereocenters. The van der Waals surface area contributed by atoms with E-state index in [4.69, 9.17) is 0 Å². The Labute approximate surface area is 148 Å². The summed E-state index contributed by atoms with van der Waals surface area (Å²) in [6.07, 6.45) is 1.73. The molecule has 1 aromatic carbocycles. The predicted molar refractivity (Wildman–Crippen MR) is 97.1 cm³/mol. The van der Waals surface area contributed by atoms with Crippen molar-refractivity contribution in [2.45, 2.75) is 20.0 Å². The molecule has 1 aliphatic rings. The van der Waals surface area contributed by atoms with Crippen molar-refractivity contribution >= 4 is 11.6 Å². The molecule has 1 fully saturated rings. The molecule has 1 amide bonds. The molecule has 0 bridgehead atoms. The fourth-order valence-corrected chi connectivity index (χ4v) is 3.25. The number of rotatable bonds is 5. The van der Waals surface area contributed by atoms with E-state index >= 15 is 0 Å². The molecule has 1 aliphatic heterocycles. The largest absolute Gasteiger partial charge is 0.368 e. The highest BCUT2D eigenvalue weighted by Gasteiger charge is 2.20. The van der Waals surface area contributed by atoms with Gasteiger partial charge in [0, 0.05) is 52.4 Å². The lowest BCUT2D eigenvalue weighted by Crippen LogP contribution is -2.48. The van der Waals surface area contributed by atoms with Gasteiger partial charge >= 0.3 is 0 Å². The number of piperazine rings is 1. The molecule has 2 aromatic rings. The molecular formula is C18H26N6O. The van der Waals surface area contributed by atoms with Gasteiger partial charge in [-0.25, -0.2) is 0 Å². The molecule has 1 saturated heterocycles. The molecule has 1 aromatic heterocycles. The summed E-state index contributed by atoms with van der Waals surface area (Å²) in [5, 5.41) is 8.10. The molecule has 0 spiro atoms. The maximum atomic E-state index is 11.5. The van der Waals surface area contributed by atoms with E-state index in [-0.39, 0.29) is 5.91 Å². The van der Waals surface area contributed by atoms with Crippen LogP contribution in [-0.2, 0) is 24.9 Å². The van der Waals surface area contributed by atoms with Crippen molar-refractivity contribution in [3.8, 4) is 0 Å². The summed E-state index contributed by atoms with van der Waals surface area (Å²) in [7, 11) is 4.06. The molecule has 0 saturated carbocycles. The minimum absolute atomic E-state index is 0.163. The summed E-state index contributed by atoms with van der Waals surface area (Å²) < 4.78 is 1.95. The van der Waals surface area contributed by atoms with Gasteiger partial charge in [0.15, 0.2) is 0 Å². The minimum Gasteiger partial charge on any atom is -0.368 e. The first kappa shape index (κ1) is 17.4. The average Bonchev–Trinajstić information content (AvgIpc) is 3.00. The number of benzene rings is 1. The van der Waals surface area contributed by atoms with Gasteiger partial charge in [0.05, 0.1) is 6.54 Å². The molecule has 7 heteroatoms. The molecule has 0 radical (unpaired) electrons. The molecule has 134 valence electrons. The lowest BCUT2D eigenvalue weighted by molar-refractivity contribution is -0.129. The number of hydrogen-bond acceptors (Lipinski definition) is 5. The number of aryl methyl sites for hydroxylation is 1. The smallest absolute Gasteiger partial charge is 0.219 e. The van der Waals surface area contributed by atoms with E-state index < -0.39 is 0 Å². The Morgan fingerprint density at radius 3 is 2.52 bits per heavy atom. The van der Waals surface area contributed by atoms with Gasteiger partial charge in [-0.05, 0) is 18.7 Å². The van der Waals surface area contributed by atoms with Crippen LogP contribution in [0.4, 0.5) is 5.69 Å². The Kier molecular flexibility index (Phi) is 5.33. The van der Waals surface area contributed by atoms with Crippen molar-refractivity contribution in [1.82, 2.24) is 24.6 Å². The van der Waals surface area contributed by atoms with Gasteiger partial charge in [0.1, 0.15) is 12.2 Å². The summed E-state index contributed by atoms with van der Waals surface area (Å²) in [5.74, 6) is 1.12. The van der Waals surface area contributed by atoms with Crippen molar-refractivity contribution in [3.63, 3.8) is 0 Å². The number of nitrogens with zero attached hydrogens (tertiary/aromatic N) is 6. The Bertz CT molecular complexity index is 720. The fraction of sp³-hybridized carbons (Fsp3) is 0.500. The van der Waals surface area contributed by atoms with E-state index in [0.717, 1.165) is 45.1 Å². The highest BCUT2D eigenvalue weighted by molar-refractivity contribution is 5.73. The summed E-state index contributed by atoms with van der Waals surface area (Å²) in [6, 6.07) is 8.52. The topological polar surface area (TPSA) is 57.5 Å². The second-order valence-corrected chi connectivity index (χ2v) is 6.65. The first-order valence-corrected chi connectivity index (χ1v) is 8.64. The van der Waals surface area contributed by atoms with Crippen molar-refractivity contribution in [3.05, 3.63) is 42.0 Å². The van der Waals surface area contributed by atoms with Gasteiger partial charge in [-0.1, -0.05) is 18.2 Å². The van der Waals surface area contributed by atoms with Crippen LogP contribution in [0.3, 0.4) is 0 Å². The standard InChI is InChI=1S/C18H26N6O/c1-15(25)23-8-10-24(11-9-23)17-7-5-4-6-16(17)12-21(2)13-18-20-19-14-22(18)3/h4-7,14H,8-13H2,1-3H3. The third-order valence-corrected chi connectivity index (χ3v) is 4.71. The zero-order valence-corrected chi connectivity index (χ0v) is 15.2. The molecule has 2 heterocycles. The highest BCUT2D eigenvalue weighted by atomic mass is 16.2. The van der Waals surface area contributed by atoms with Crippen molar-refractivity contribution in [2.75, 3.05) is 38.1 Å². The number of para-hydroxylation sites is 1. The zero-order chi connectivity index (χ0) is 17.8. The molecule has 3 rings (SSSR count). The molecule has 0 aliphatic carbocycles. The van der Waals surface area contributed by atoms with Gasteiger partial charge in [0.25, 0.3) is 0 Å². The number of anilines is 1. The van der Waals surface area contributed by atoms with Crippen LogP contribution < -0.4 is 4.90 Å². The summed E-state index contributed by atoms with van der Waals surface area (Å²) in [5.41, 5.74) is 2.55. The van der Waals surface area contributed by atoms with Crippen LogP contribution in [0.1, 0.15) is 18.3 Å². The number of aromatic nitrogens is 3. The SMILES string of the molecule is CC(=O)N1CCN(c2ccccc2CN(C)Cc2nncn2C)CC1. The quantitative estimate of drug-likeness (QED) is 0.815. The lowest BCUT2D eigenvalue weighted by Gasteiger charge is -2.37. The second kappa shape index (κ2) is 7.65. The van der Waals surface area contributed by atoms with Gasteiger partial charge in [-0.3, -0.25) is 9.69 Å². The van der Waals surface area contributed by atoms with Crippen LogP contribution in [0, 0.1) is 0 Å². The van der Waals surface area contributed by atoms with E-state index in [1.54, 1.807) is 13.3 Å². The van der Waals surface area contributed by atoms with Gasteiger partial charge < -0.3 is 14.4 Å². The number of amides is 1. The Balaban J connectivity index is 1.67. The monoisotopic (exact) mass is 342 g/mol. The number of hydrogen-bond donors (Lipinski definition) is 0. The van der Waals surface area contributed by atoms with Crippen LogP contribution >= 0.6 is 0 Å². The van der Waals surface area contributed by atoms with Crippen molar-refractivity contribution in [2.24, 2.45) is 7.05 Å². The normalized spacial score (nSPS) is 15.0. The Morgan fingerprint density at radius 2 is 1.88 bits per heavy atom. The van der Waals surface area contributed by atoms with Crippen molar-refractivity contribution in [1.29, 1.82) is 0 Å². The van der Waals surface area contributed by atoms with Gasteiger partial charge in [0.2, 0.25) is 5.91 Å². The molecular weight excluding hydrogens is 316 g/mol. The molecule has 25 heavy (non-hydrogen) atoms. The summed E-state index contributed by atoms with van der Waals surface area (Å²) in [4.78, 5) is 18.1. The highest BCUT2D eigenvalue weighted by Crippen LogP contribution is 2.23. The maximum absolute atomic E-state index is 11.5. The predicted octanol–water partition coefficient (Wildman–Crippen LogP) is 1.12. The first-order valence-electron chi connectivity index (χ1n) is 8.64. The third-order valence-electron chi connectivity index (χ3n) is 4.71. The van der Waals surface area contributed by atoms with Crippen LogP contribution in [0.5, 0.6) is 0 Å². The Hall–Kier alpha value is -2.41. The summed E-state index contributed by atoms with van der Waals surface area (Å²) in [6.45, 7) is 6.58. The van der Waals surface area contributed by atoms with Gasteiger partial charge in [-0.2, -0.15) is 0 Å². The minimum atomic E-state index is 0.163. The average molecular weight is 342 g/mol. The van der Waals surface area contributed by atoms with Crippen molar-refractivity contribution < 1.29 is 4.79 Å². The lowest BCUT2D eigenvalue weighted by atomic mass is 10.1. The molecule has 0 N–H and O–H groups in total. The van der Waals surface area contributed by atoms with Crippen LogP contribution in [0.2, 0.25) is 0 Å². The van der Waals surface area contributed by atoms with Crippen LogP contribution in [0.25, 0.3) is 0 Å². The third kappa shape index (κ3) is 4.17. The van der Waals surface area contributed by atoms with E-state index in [1.807, 2.05) is 16.5 Å². The van der Waals surface area contributed by atoms with E-state index in [9.17, 15) is 4.79 Å². The maximum Gasteiger partial charge on any atom is 0.219 e. The molecule has 0 atom stereocenters. The van der Waals surface area contributed by atoms with E-state index in [0.29, 0.717) is 0 Å². The Morgan fingerprint density at radius 1 is 1.16 bits per heavy atom. The second-order valence-electron chi connectivity index (χ2n) is 6.65. The number of carbonyl (C=O) groups excluding carboxylic acids is 1.